The summed E-state index contributed by atoms with van der Waals surface area (Å²) in [5.74, 6) is 0.754. The Morgan fingerprint density at radius 2 is 1.85 bits per heavy atom. The van der Waals surface area contributed by atoms with Crippen LogP contribution in [0.25, 0.3) is 11.7 Å². The molecule has 0 spiro atoms. The van der Waals surface area contributed by atoms with Gasteiger partial charge < -0.3 is 4.90 Å². The molecule has 0 amide bonds. The Bertz CT molecular complexity index is 938. The fourth-order valence-corrected chi connectivity index (χ4v) is 4.09. The molecule has 0 aliphatic heterocycles. The van der Waals surface area contributed by atoms with Gasteiger partial charge in [0, 0.05) is 13.1 Å². The summed E-state index contributed by atoms with van der Waals surface area (Å²) in [6, 6.07) is 3.41. The topological polar surface area (TPSA) is 79.9 Å². The SMILES string of the molecule is C/C=C\c1ccc2nc(Cl)c(S(=O)(=O)N=CN(CC(C)C)CC(C)C)n2n1. The van der Waals surface area contributed by atoms with E-state index in [4.69, 9.17) is 11.6 Å². The van der Waals surface area contributed by atoms with Gasteiger partial charge in [-0.05, 0) is 37.0 Å². The van der Waals surface area contributed by atoms with Crippen LogP contribution in [0.3, 0.4) is 0 Å². The number of imidazole rings is 1. The lowest BCUT2D eigenvalue weighted by molar-refractivity contribution is 0.336. The summed E-state index contributed by atoms with van der Waals surface area (Å²) in [5, 5.41) is 3.92. The standard InChI is InChI=1S/C18H26ClN5O2S/c1-6-7-15-8-9-16-21-17(19)18(24(16)22-15)27(25,26)20-12-23(10-13(2)3)11-14(4)5/h6-9,12-14H,10-11H2,1-5H3/b7-6-,20-12?. The third kappa shape index (κ3) is 5.52. The zero-order valence-electron chi connectivity index (χ0n) is 16.3. The maximum absolute atomic E-state index is 12.8. The van der Waals surface area contributed by atoms with Gasteiger partial charge in [0.2, 0.25) is 5.03 Å². The Morgan fingerprint density at radius 1 is 1.22 bits per heavy atom. The number of sulfonamides is 1. The average Bonchev–Trinajstić information content (AvgIpc) is 2.88. The second-order valence-electron chi connectivity index (χ2n) is 7.17. The molecular formula is C18H26ClN5O2S. The van der Waals surface area contributed by atoms with Crippen molar-refractivity contribution in [3.05, 3.63) is 29.1 Å². The molecule has 2 heterocycles. The molecule has 0 atom stereocenters. The Balaban J connectivity index is 2.45. The van der Waals surface area contributed by atoms with Gasteiger partial charge in [-0.3, -0.25) is 0 Å². The molecule has 0 unspecified atom stereocenters. The van der Waals surface area contributed by atoms with Crippen LogP contribution in [0, 0.1) is 11.8 Å². The van der Waals surface area contributed by atoms with E-state index in [1.807, 2.05) is 17.9 Å². The Labute approximate surface area is 165 Å². The number of fused-ring (bicyclic) bond motifs is 1. The van der Waals surface area contributed by atoms with Crippen molar-refractivity contribution in [1.82, 2.24) is 19.5 Å². The molecule has 0 aromatic carbocycles. The van der Waals surface area contributed by atoms with Gasteiger partial charge in [-0.15, -0.1) is 4.40 Å². The molecule has 2 aromatic rings. The minimum Gasteiger partial charge on any atom is -0.361 e. The van der Waals surface area contributed by atoms with Gasteiger partial charge >= 0.3 is 10.0 Å². The molecule has 0 aliphatic rings. The van der Waals surface area contributed by atoms with Gasteiger partial charge in [0.1, 0.15) is 6.34 Å². The average molecular weight is 412 g/mol. The predicted molar refractivity (Wildman–Crippen MR) is 110 cm³/mol. The number of nitrogens with zero attached hydrogens (tertiary/aromatic N) is 5. The lowest BCUT2D eigenvalue weighted by Gasteiger charge is -2.23. The molecule has 27 heavy (non-hydrogen) atoms. The van der Waals surface area contributed by atoms with Gasteiger partial charge in [-0.2, -0.15) is 18.0 Å². The normalized spacial score (nSPS) is 13.0. The molecule has 0 radical (unpaired) electrons. The highest BCUT2D eigenvalue weighted by molar-refractivity contribution is 7.90. The smallest absolute Gasteiger partial charge is 0.304 e. The summed E-state index contributed by atoms with van der Waals surface area (Å²) in [5.41, 5.74) is 0.948. The van der Waals surface area contributed by atoms with Crippen molar-refractivity contribution in [2.24, 2.45) is 16.2 Å². The zero-order valence-corrected chi connectivity index (χ0v) is 17.9. The van der Waals surface area contributed by atoms with Crippen LogP contribution < -0.4 is 0 Å². The van der Waals surface area contributed by atoms with E-state index < -0.39 is 10.0 Å². The molecule has 0 N–H and O–H groups in total. The van der Waals surface area contributed by atoms with Crippen molar-refractivity contribution in [2.75, 3.05) is 13.1 Å². The van der Waals surface area contributed by atoms with Gasteiger partial charge in [0.15, 0.2) is 10.8 Å². The fraction of sp³-hybridized carbons (Fsp3) is 0.500. The minimum absolute atomic E-state index is 0.142. The molecule has 148 valence electrons. The predicted octanol–water partition coefficient (Wildman–Crippen LogP) is 3.75. The minimum atomic E-state index is -4.06. The van der Waals surface area contributed by atoms with Crippen molar-refractivity contribution < 1.29 is 8.42 Å². The van der Waals surface area contributed by atoms with E-state index in [-0.39, 0.29) is 10.2 Å². The van der Waals surface area contributed by atoms with Crippen LogP contribution in [-0.4, -0.2) is 47.3 Å². The van der Waals surface area contributed by atoms with Crippen LogP contribution in [0.2, 0.25) is 5.15 Å². The lowest BCUT2D eigenvalue weighted by atomic mass is 10.1. The lowest BCUT2D eigenvalue weighted by Crippen LogP contribution is -2.30. The van der Waals surface area contributed by atoms with Crippen LogP contribution in [0.15, 0.2) is 27.6 Å². The van der Waals surface area contributed by atoms with E-state index in [0.717, 1.165) is 0 Å². The van der Waals surface area contributed by atoms with Gasteiger partial charge in [0.05, 0.1) is 5.69 Å². The van der Waals surface area contributed by atoms with E-state index in [1.54, 1.807) is 18.2 Å². The number of hydrogen-bond donors (Lipinski definition) is 0. The maximum atomic E-state index is 12.8. The number of hydrogen-bond acceptors (Lipinski definition) is 4. The molecule has 0 saturated carbocycles. The Morgan fingerprint density at radius 3 is 2.41 bits per heavy atom. The molecule has 0 bridgehead atoms. The molecule has 0 fully saturated rings. The van der Waals surface area contributed by atoms with Crippen molar-refractivity contribution in [2.45, 2.75) is 39.6 Å². The monoisotopic (exact) mass is 411 g/mol. The first-order valence-corrected chi connectivity index (χ1v) is 10.7. The van der Waals surface area contributed by atoms with E-state index >= 15 is 0 Å². The van der Waals surface area contributed by atoms with Crippen LogP contribution in [0.5, 0.6) is 0 Å². The summed E-state index contributed by atoms with van der Waals surface area (Å²) >= 11 is 6.11. The number of allylic oxidation sites excluding steroid dienone is 1. The third-order valence-corrected chi connectivity index (χ3v) is 5.15. The van der Waals surface area contributed by atoms with Crippen LogP contribution in [-0.2, 0) is 10.0 Å². The molecule has 0 aliphatic carbocycles. The van der Waals surface area contributed by atoms with Gasteiger partial charge in [-0.1, -0.05) is 45.4 Å². The van der Waals surface area contributed by atoms with Gasteiger partial charge in [-0.25, -0.2) is 4.98 Å². The molecule has 9 heteroatoms. The number of aromatic nitrogens is 3. The molecular weight excluding hydrogens is 386 g/mol. The summed E-state index contributed by atoms with van der Waals surface area (Å²) in [4.78, 5) is 5.99. The number of halogens is 1. The first kappa shape index (κ1) is 21.4. The van der Waals surface area contributed by atoms with Crippen LogP contribution in [0.4, 0.5) is 0 Å². The third-order valence-electron chi connectivity index (χ3n) is 3.55. The summed E-state index contributed by atoms with van der Waals surface area (Å²) in [7, 11) is -4.06. The first-order valence-electron chi connectivity index (χ1n) is 8.86. The molecule has 0 saturated heterocycles. The van der Waals surface area contributed by atoms with Crippen molar-refractivity contribution in [1.29, 1.82) is 0 Å². The van der Waals surface area contributed by atoms with Gasteiger partial charge in [0.25, 0.3) is 0 Å². The number of rotatable bonds is 8. The van der Waals surface area contributed by atoms with Crippen LogP contribution in [0.1, 0.15) is 40.3 Å². The molecule has 7 nitrogen and oxygen atoms in total. The first-order chi connectivity index (χ1) is 12.6. The van der Waals surface area contributed by atoms with Crippen LogP contribution >= 0.6 is 11.6 Å². The highest BCUT2D eigenvalue weighted by Crippen LogP contribution is 2.24. The molecule has 2 aromatic heterocycles. The van der Waals surface area contributed by atoms with E-state index in [1.165, 1.54) is 10.9 Å². The van der Waals surface area contributed by atoms with Crippen molar-refractivity contribution in [3.63, 3.8) is 0 Å². The largest absolute Gasteiger partial charge is 0.361 e. The van der Waals surface area contributed by atoms with Crippen molar-refractivity contribution >= 4 is 39.7 Å². The fourth-order valence-electron chi connectivity index (χ4n) is 2.66. The summed E-state index contributed by atoms with van der Waals surface area (Å²) in [6.45, 7) is 11.6. The van der Waals surface area contributed by atoms with E-state index in [2.05, 4.69) is 42.2 Å². The second kappa shape index (κ2) is 8.84. The Kier molecular flexibility index (Phi) is 7.00. The summed E-state index contributed by atoms with van der Waals surface area (Å²) in [6.07, 6.45) is 4.95. The molecule has 2 rings (SSSR count). The Hall–Kier alpha value is -1.93. The van der Waals surface area contributed by atoms with E-state index in [0.29, 0.717) is 36.3 Å². The highest BCUT2D eigenvalue weighted by Gasteiger charge is 2.25. The highest BCUT2D eigenvalue weighted by atomic mass is 35.5. The van der Waals surface area contributed by atoms with Crippen molar-refractivity contribution in [3.8, 4) is 0 Å². The zero-order chi connectivity index (χ0) is 20.2. The van der Waals surface area contributed by atoms with E-state index in [9.17, 15) is 8.42 Å². The maximum Gasteiger partial charge on any atom is 0.304 e. The summed E-state index contributed by atoms with van der Waals surface area (Å²) < 4.78 is 30.8. The second-order valence-corrected chi connectivity index (χ2v) is 9.08. The quantitative estimate of drug-likeness (QED) is 0.488.